The minimum atomic E-state index is -0.580. The molecule has 1 N–H and O–H groups in total. The van der Waals surface area contributed by atoms with E-state index >= 15 is 0 Å². The van der Waals surface area contributed by atoms with E-state index in [1.165, 1.54) is 0 Å². The van der Waals surface area contributed by atoms with Gasteiger partial charge in [0.25, 0.3) is 0 Å². The first-order chi connectivity index (χ1) is 11.8. The van der Waals surface area contributed by atoms with Crippen LogP contribution in [-0.4, -0.2) is 35.9 Å². The van der Waals surface area contributed by atoms with Gasteiger partial charge < -0.3 is 14.6 Å². The number of carbonyl (C=O) groups excluding carboxylic acids is 1. The molecule has 0 spiro atoms. The third-order valence-corrected chi connectivity index (χ3v) is 5.41. The number of hydrogen-bond acceptors (Lipinski definition) is 5. The number of ether oxygens (including phenoxy) is 2. The van der Waals surface area contributed by atoms with Crippen LogP contribution in [0.2, 0.25) is 0 Å². The van der Waals surface area contributed by atoms with Crippen LogP contribution in [-0.2, 0) is 15.9 Å². The molecule has 2 aliphatic rings. The van der Waals surface area contributed by atoms with Crippen LogP contribution in [0.4, 0.5) is 0 Å². The van der Waals surface area contributed by atoms with Gasteiger partial charge in [0, 0.05) is 30.4 Å². The lowest BCUT2D eigenvalue weighted by Gasteiger charge is -2.36. The Hall–Kier alpha value is -1.46. The van der Waals surface area contributed by atoms with Gasteiger partial charge in [-0.05, 0) is 50.5 Å². The number of aliphatic hydroxyl groups excluding tert-OH is 1. The van der Waals surface area contributed by atoms with Crippen LogP contribution in [0.25, 0.3) is 0 Å². The summed E-state index contributed by atoms with van der Waals surface area (Å²) in [6, 6.07) is 0. The average molecular weight is 347 g/mol. The molecule has 1 aromatic rings. The highest BCUT2D eigenvalue weighted by molar-refractivity contribution is 5.93. The largest absolute Gasteiger partial charge is 0.462 e. The molecule has 1 fully saturated rings. The van der Waals surface area contributed by atoms with Gasteiger partial charge in [0.1, 0.15) is 0 Å². The van der Waals surface area contributed by atoms with Crippen LogP contribution in [0.15, 0.2) is 0 Å². The van der Waals surface area contributed by atoms with Gasteiger partial charge in [-0.2, -0.15) is 0 Å². The lowest BCUT2D eigenvalue weighted by Crippen LogP contribution is -2.30. The molecule has 1 saturated heterocycles. The quantitative estimate of drug-likeness (QED) is 0.848. The molecule has 25 heavy (non-hydrogen) atoms. The second-order valence-corrected chi connectivity index (χ2v) is 8.03. The minimum Gasteiger partial charge on any atom is -0.462 e. The standard InChI is InChI=1S/C20H29NO4/c1-5-25-19(23)17-12(2)16-14(10-20(3,4)11-15(16)22)21-18(17)13-6-8-24-9-7-13/h13,15,22H,5-11H2,1-4H3. The van der Waals surface area contributed by atoms with E-state index in [9.17, 15) is 9.90 Å². The molecule has 0 aromatic carbocycles. The van der Waals surface area contributed by atoms with Crippen molar-refractivity contribution in [2.24, 2.45) is 5.41 Å². The molecule has 0 saturated carbocycles. The molecule has 0 amide bonds. The predicted octanol–water partition coefficient (Wildman–Crippen LogP) is 3.47. The van der Waals surface area contributed by atoms with Crippen molar-refractivity contribution in [1.29, 1.82) is 0 Å². The van der Waals surface area contributed by atoms with Crippen LogP contribution in [0, 0.1) is 12.3 Å². The molecule has 5 nitrogen and oxygen atoms in total. The van der Waals surface area contributed by atoms with Gasteiger partial charge in [-0.1, -0.05) is 13.8 Å². The first-order valence-electron chi connectivity index (χ1n) is 9.30. The number of hydrogen-bond donors (Lipinski definition) is 1. The first kappa shape index (κ1) is 18.3. The molecule has 1 aliphatic carbocycles. The van der Waals surface area contributed by atoms with E-state index in [1.807, 2.05) is 13.8 Å². The lowest BCUT2D eigenvalue weighted by molar-refractivity contribution is 0.0515. The maximum Gasteiger partial charge on any atom is 0.340 e. The molecular formula is C20H29NO4. The number of aromatic nitrogens is 1. The number of aliphatic hydroxyl groups is 1. The van der Waals surface area contributed by atoms with Gasteiger partial charge in [-0.15, -0.1) is 0 Å². The van der Waals surface area contributed by atoms with Crippen molar-refractivity contribution >= 4 is 5.97 Å². The van der Waals surface area contributed by atoms with Crippen molar-refractivity contribution in [2.45, 2.75) is 65.4 Å². The molecule has 138 valence electrons. The fourth-order valence-corrected chi connectivity index (χ4v) is 4.26. The Morgan fingerprint density at radius 3 is 2.68 bits per heavy atom. The number of fused-ring (bicyclic) bond motifs is 1. The van der Waals surface area contributed by atoms with Crippen molar-refractivity contribution in [3.05, 3.63) is 28.1 Å². The summed E-state index contributed by atoms with van der Waals surface area (Å²) in [7, 11) is 0. The van der Waals surface area contributed by atoms with Crippen LogP contribution < -0.4 is 0 Å². The third kappa shape index (κ3) is 3.58. The number of nitrogens with zero attached hydrogens (tertiary/aromatic N) is 1. The molecule has 1 unspecified atom stereocenters. The van der Waals surface area contributed by atoms with Crippen molar-refractivity contribution in [3.8, 4) is 0 Å². The summed E-state index contributed by atoms with van der Waals surface area (Å²) < 4.78 is 10.8. The van der Waals surface area contributed by atoms with Crippen molar-refractivity contribution in [2.75, 3.05) is 19.8 Å². The number of pyridine rings is 1. The Kier molecular flexibility index (Phi) is 5.16. The number of esters is 1. The Balaban J connectivity index is 2.15. The summed E-state index contributed by atoms with van der Waals surface area (Å²) in [4.78, 5) is 17.6. The lowest BCUT2D eigenvalue weighted by atomic mass is 9.73. The second kappa shape index (κ2) is 7.04. The molecule has 0 radical (unpaired) electrons. The summed E-state index contributed by atoms with van der Waals surface area (Å²) in [6.45, 7) is 9.77. The van der Waals surface area contributed by atoms with Crippen molar-refractivity contribution in [1.82, 2.24) is 4.98 Å². The van der Waals surface area contributed by atoms with Crippen LogP contribution in [0.5, 0.6) is 0 Å². The molecular weight excluding hydrogens is 318 g/mol. The summed E-state index contributed by atoms with van der Waals surface area (Å²) in [5.74, 6) is -0.117. The molecule has 0 bridgehead atoms. The molecule has 2 heterocycles. The topological polar surface area (TPSA) is 68.7 Å². The van der Waals surface area contributed by atoms with E-state index in [-0.39, 0.29) is 17.3 Å². The zero-order valence-electron chi connectivity index (χ0n) is 15.7. The highest BCUT2D eigenvalue weighted by atomic mass is 16.5. The van der Waals surface area contributed by atoms with Crippen molar-refractivity contribution in [3.63, 3.8) is 0 Å². The highest BCUT2D eigenvalue weighted by Gasteiger charge is 2.37. The molecule has 1 atom stereocenters. The van der Waals surface area contributed by atoms with E-state index in [4.69, 9.17) is 14.5 Å². The predicted molar refractivity (Wildman–Crippen MR) is 94.8 cm³/mol. The third-order valence-electron chi connectivity index (χ3n) is 5.41. The van der Waals surface area contributed by atoms with Crippen molar-refractivity contribution < 1.29 is 19.4 Å². The van der Waals surface area contributed by atoms with Crippen LogP contribution in [0.3, 0.4) is 0 Å². The van der Waals surface area contributed by atoms with E-state index in [1.54, 1.807) is 0 Å². The van der Waals surface area contributed by atoms with Gasteiger partial charge in [0.05, 0.1) is 24.0 Å². The molecule has 1 aliphatic heterocycles. The average Bonchev–Trinajstić information content (AvgIpc) is 2.53. The van der Waals surface area contributed by atoms with E-state index in [2.05, 4.69) is 13.8 Å². The molecule has 5 heteroatoms. The van der Waals surface area contributed by atoms with Gasteiger partial charge in [0.2, 0.25) is 0 Å². The zero-order chi connectivity index (χ0) is 18.2. The van der Waals surface area contributed by atoms with Gasteiger partial charge in [-0.25, -0.2) is 4.79 Å². The maximum atomic E-state index is 12.7. The van der Waals surface area contributed by atoms with Gasteiger partial charge in [0.15, 0.2) is 0 Å². The Bertz CT molecular complexity index is 662. The summed E-state index contributed by atoms with van der Waals surface area (Å²) in [6.07, 6.45) is 2.65. The Labute approximate surface area is 149 Å². The number of rotatable bonds is 3. The first-order valence-corrected chi connectivity index (χ1v) is 9.30. The summed E-state index contributed by atoms with van der Waals surface area (Å²) >= 11 is 0. The monoisotopic (exact) mass is 347 g/mol. The molecule has 3 rings (SSSR count). The van der Waals surface area contributed by atoms with E-state index in [0.717, 1.165) is 41.8 Å². The summed E-state index contributed by atoms with van der Waals surface area (Å²) in [5.41, 5.74) is 4.01. The zero-order valence-corrected chi connectivity index (χ0v) is 15.7. The Morgan fingerprint density at radius 2 is 2.04 bits per heavy atom. The van der Waals surface area contributed by atoms with Crippen LogP contribution in [0.1, 0.15) is 84.9 Å². The van der Waals surface area contributed by atoms with Crippen LogP contribution >= 0.6 is 0 Å². The van der Waals surface area contributed by atoms with E-state index < -0.39 is 6.10 Å². The fraction of sp³-hybridized carbons (Fsp3) is 0.700. The maximum absolute atomic E-state index is 12.7. The summed E-state index contributed by atoms with van der Waals surface area (Å²) in [5, 5.41) is 10.7. The fourth-order valence-electron chi connectivity index (χ4n) is 4.26. The highest BCUT2D eigenvalue weighted by Crippen LogP contribution is 2.43. The number of carbonyl (C=O) groups is 1. The van der Waals surface area contributed by atoms with Gasteiger partial charge in [-0.3, -0.25) is 4.98 Å². The van der Waals surface area contributed by atoms with E-state index in [0.29, 0.717) is 31.8 Å². The second-order valence-electron chi connectivity index (χ2n) is 8.03. The smallest absolute Gasteiger partial charge is 0.340 e. The SMILES string of the molecule is CCOC(=O)c1c(C2CCOCC2)nc2c(c1C)C(O)CC(C)(C)C2. The molecule has 1 aromatic heterocycles. The van der Waals surface area contributed by atoms with Gasteiger partial charge >= 0.3 is 5.97 Å². The normalized spacial score (nSPS) is 23.2. The minimum absolute atomic E-state index is 0.00421. The Morgan fingerprint density at radius 1 is 1.36 bits per heavy atom.